The van der Waals surface area contributed by atoms with Crippen LogP contribution in [-0.2, 0) is 16.4 Å². The second kappa shape index (κ2) is 8.62. The van der Waals surface area contributed by atoms with Crippen molar-refractivity contribution >= 4 is 10.0 Å². The zero-order valence-corrected chi connectivity index (χ0v) is 15.9. The second-order valence-electron chi connectivity index (χ2n) is 6.16. The van der Waals surface area contributed by atoms with Crippen molar-refractivity contribution < 1.29 is 22.3 Å². The van der Waals surface area contributed by atoms with Crippen molar-refractivity contribution in [2.24, 2.45) is 0 Å². The first-order valence-corrected chi connectivity index (χ1v) is 10.4. The molecule has 1 fully saturated rings. The molecule has 2 heterocycles. The lowest BCUT2D eigenvalue weighted by Crippen LogP contribution is -2.34. The molecule has 1 aromatic carbocycles. The van der Waals surface area contributed by atoms with Crippen LogP contribution in [0.15, 0.2) is 36.7 Å². The lowest BCUT2D eigenvalue weighted by Gasteiger charge is -2.17. The van der Waals surface area contributed by atoms with Crippen LogP contribution in [0.4, 0.5) is 4.39 Å². The van der Waals surface area contributed by atoms with Gasteiger partial charge in [0.1, 0.15) is 24.8 Å². The molecule has 1 aromatic heterocycles. The third-order valence-corrected chi connectivity index (χ3v) is 6.10. The van der Waals surface area contributed by atoms with Gasteiger partial charge in [0.2, 0.25) is 15.8 Å². The molecule has 0 radical (unpaired) electrons. The Kier molecular flexibility index (Phi) is 6.22. The monoisotopic (exact) mass is 395 g/mol. The number of rotatable bonds is 8. The quantitative estimate of drug-likeness (QED) is 0.680. The SMILES string of the molecule is CCc1ncnc(O[C@H]2CCN(S(=O)(=O)CCOc3ccccc3)C2)c1F. The zero-order valence-electron chi connectivity index (χ0n) is 15.0. The lowest BCUT2D eigenvalue weighted by molar-refractivity contribution is 0.195. The van der Waals surface area contributed by atoms with E-state index in [0.29, 0.717) is 25.1 Å². The zero-order chi connectivity index (χ0) is 19.3. The van der Waals surface area contributed by atoms with Gasteiger partial charge in [0.05, 0.1) is 18.0 Å². The van der Waals surface area contributed by atoms with E-state index in [1.165, 1.54) is 10.6 Å². The largest absolute Gasteiger partial charge is 0.492 e. The molecular formula is C18H22FN3O4S. The summed E-state index contributed by atoms with van der Waals surface area (Å²) < 4.78 is 51.5. The molecule has 0 aliphatic carbocycles. The molecule has 146 valence electrons. The Labute approximate surface area is 158 Å². The average molecular weight is 395 g/mol. The first-order chi connectivity index (χ1) is 13.0. The smallest absolute Gasteiger partial charge is 0.254 e. The van der Waals surface area contributed by atoms with Gasteiger partial charge in [0, 0.05) is 6.54 Å². The third-order valence-electron chi connectivity index (χ3n) is 4.30. The summed E-state index contributed by atoms with van der Waals surface area (Å²) in [5, 5.41) is 0. The number of para-hydroxylation sites is 1. The Balaban J connectivity index is 1.53. The van der Waals surface area contributed by atoms with Crippen LogP contribution in [0.2, 0.25) is 0 Å². The van der Waals surface area contributed by atoms with Crippen molar-refractivity contribution in [2.45, 2.75) is 25.9 Å². The van der Waals surface area contributed by atoms with Gasteiger partial charge in [-0.25, -0.2) is 13.4 Å². The van der Waals surface area contributed by atoms with E-state index in [1.54, 1.807) is 19.1 Å². The molecular weight excluding hydrogens is 373 g/mol. The first-order valence-electron chi connectivity index (χ1n) is 8.81. The minimum Gasteiger partial charge on any atom is -0.492 e. The second-order valence-corrected chi connectivity index (χ2v) is 8.25. The maximum absolute atomic E-state index is 14.2. The summed E-state index contributed by atoms with van der Waals surface area (Å²) in [5.74, 6) is -0.214. The number of aryl methyl sites for hydroxylation is 1. The van der Waals surface area contributed by atoms with Crippen molar-refractivity contribution in [1.29, 1.82) is 0 Å². The highest BCUT2D eigenvalue weighted by Gasteiger charge is 2.33. The Bertz CT molecular complexity index is 864. The highest BCUT2D eigenvalue weighted by Crippen LogP contribution is 2.22. The molecule has 0 spiro atoms. The fourth-order valence-corrected chi connectivity index (χ4v) is 4.16. The Hall–Kier alpha value is -2.26. The summed E-state index contributed by atoms with van der Waals surface area (Å²) in [6, 6.07) is 9.04. The van der Waals surface area contributed by atoms with Crippen LogP contribution in [0.3, 0.4) is 0 Å². The molecule has 1 saturated heterocycles. The molecule has 0 bridgehead atoms. The topological polar surface area (TPSA) is 81.6 Å². The number of halogens is 1. The van der Waals surface area contributed by atoms with Crippen molar-refractivity contribution in [1.82, 2.24) is 14.3 Å². The predicted octanol–water partition coefficient (Wildman–Crippen LogP) is 2.04. The Morgan fingerprint density at radius 3 is 2.78 bits per heavy atom. The number of ether oxygens (including phenoxy) is 2. The van der Waals surface area contributed by atoms with E-state index in [4.69, 9.17) is 9.47 Å². The standard InChI is InChI=1S/C18H22FN3O4S/c1-2-16-17(19)18(21-13-20-16)26-15-8-9-22(12-15)27(23,24)11-10-25-14-6-4-3-5-7-14/h3-7,13,15H,2,8-12H2,1H3/t15-/m0/s1. The summed E-state index contributed by atoms with van der Waals surface area (Å²) in [6.07, 6.45) is 1.71. The summed E-state index contributed by atoms with van der Waals surface area (Å²) >= 11 is 0. The highest BCUT2D eigenvalue weighted by molar-refractivity contribution is 7.89. The van der Waals surface area contributed by atoms with Crippen LogP contribution in [0.5, 0.6) is 11.6 Å². The number of benzene rings is 1. The van der Waals surface area contributed by atoms with Crippen LogP contribution in [-0.4, -0.2) is 54.2 Å². The van der Waals surface area contributed by atoms with Crippen molar-refractivity contribution in [3.8, 4) is 11.6 Å². The minimum absolute atomic E-state index is 0.0643. The van der Waals surface area contributed by atoms with Gasteiger partial charge < -0.3 is 9.47 Å². The number of sulfonamides is 1. The minimum atomic E-state index is -3.48. The van der Waals surface area contributed by atoms with E-state index in [1.807, 2.05) is 18.2 Å². The summed E-state index contributed by atoms with van der Waals surface area (Å²) in [4.78, 5) is 7.68. The van der Waals surface area contributed by atoms with Gasteiger partial charge in [0.15, 0.2) is 0 Å². The molecule has 0 amide bonds. The van der Waals surface area contributed by atoms with E-state index in [-0.39, 0.29) is 30.5 Å². The first kappa shape index (κ1) is 19.5. The molecule has 0 unspecified atom stereocenters. The Morgan fingerprint density at radius 1 is 1.26 bits per heavy atom. The van der Waals surface area contributed by atoms with Gasteiger partial charge in [-0.15, -0.1) is 0 Å². The normalized spacial score (nSPS) is 17.8. The molecule has 2 aromatic rings. The van der Waals surface area contributed by atoms with Crippen molar-refractivity contribution in [2.75, 3.05) is 25.4 Å². The molecule has 7 nitrogen and oxygen atoms in total. The third kappa shape index (κ3) is 4.92. The van der Waals surface area contributed by atoms with Gasteiger partial charge in [-0.1, -0.05) is 25.1 Å². The number of aromatic nitrogens is 2. The van der Waals surface area contributed by atoms with Gasteiger partial charge >= 0.3 is 0 Å². The van der Waals surface area contributed by atoms with E-state index in [0.717, 1.165) is 0 Å². The van der Waals surface area contributed by atoms with Gasteiger partial charge in [0.25, 0.3) is 5.88 Å². The number of hydrogen-bond acceptors (Lipinski definition) is 6. The molecule has 9 heteroatoms. The molecule has 1 aliphatic rings. The van der Waals surface area contributed by atoms with Gasteiger partial charge in [-0.05, 0) is 25.0 Å². The maximum atomic E-state index is 14.2. The maximum Gasteiger partial charge on any atom is 0.254 e. The number of hydrogen-bond donors (Lipinski definition) is 0. The Morgan fingerprint density at radius 2 is 2.04 bits per heavy atom. The molecule has 1 atom stereocenters. The predicted molar refractivity (Wildman–Crippen MR) is 97.7 cm³/mol. The van der Waals surface area contributed by atoms with Crippen LogP contribution >= 0.6 is 0 Å². The van der Waals surface area contributed by atoms with Gasteiger partial charge in [-0.3, -0.25) is 0 Å². The van der Waals surface area contributed by atoms with E-state index in [2.05, 4.69) is 9.97 Å². The summed E-state index contributed by atoms with van der Waals surface area (Å²) in [7, 11) is -3.48. The van der Waals surface area contributed by atoms with Gasteiger partial charge in [-0.2, -0.15) is 13.7 Å². The molecule has 0 saturated carbocycles. The average Bonchev–Trinajstić information content (AvgIpc) is 3.14. The summed E-state index contributed by atoms with van der Waals surface area (Å²) in [6.45, 7) is 2.34. The fourth-order valence-electron chi connectivity index (χ4n) is 2.83. The van der Waals surface area contributed by atoms with Crippen molar-refractivity contribution in [3.05, 3.63) is 48.2 Å². The van der Waals surface area contributed by atoms with E-state index in [9.17, 15) is 12.8 Å². The molecule has 3 rings (SSSR count). The fraction of sp³-hybridized carbons (Fsp3) is 0.444. The molecule has 1 aliphatic heterocycles. The highest BCUT2D eigenvalue weighted by atomic mass is 32.2. The van der Waals surface area contributed by atoms with Crippen LogP contribution in [0, 0.1) is 5.82 Å². The lowest BCUT2D eigenvalue weighted by atomic mass is 10.3. The molecule has 27 heavy (non-hydrogen) atoms. The van der Waals surface area contributed by atoms with Crippen LogP contribution in [0.1, 0.15) is 19.0 Å². The molecule has 0 N–H and O–H groups in total. The van der Waals surface area contributed by atoms with E-state index >= 15 is 0 Å². The van der Waals surface area contributed by atoms with Crippen LogP contribution < -0.4 is 9.47 Å². The number of nitrogens with zero attached hydrogens (tertiary/aromatic N) is 3. The van der Waals surface area contributed by atoms with Crippen LogP contribution in [0.25, 0.3) is 0 Å². The van der Waals surface area contributed by atoms with Crippen molar-refractivity contribution in [3.63, 3.8) is 0 Å². The summed E-state index contributed by atoms with van der Waals surface area (Å²) in [5.41, 5.74) is 0.278. The van der Waals surface area contributed by atoms with E-state index < -0.39 is 21.9 Å².